The first-order chi connectivity index (χ1) is 10.5. The van der Waals surface area contributed by atoms with Gasteiger partial charge in [-0.3, -0.25) is 9.69 Å². The number of hydrogen-bond donors (Lipinski definition) is 0. The molecule has 1 aliphatic rings. The van der Waals surface area contributed by atoms with E-state index in [2.05, 4.69) is 18.7 Å². The van der Waals surface area contributed by atoms with E-state index in [1.165, 1.54) is 6.42 Å². The van der Waals surface area contributed by atoms with Crippen molar-refractivity contribution in [2.45, 2.75) is 59.5 Å². The molecule has 0 aromatic rings. The number of morpholine rings is 1. The van der Waals surface area contributed by atoms with E-state index in [1.807, 2.05) is 13.8 Å². The quantitative estimate of drug-likeness (QED) is 0.549. The average Bonchev–Trinajstić information content (AvgIpc) is 2.48. The van der Waals surface area contributed by atoms with Crippen LogP contribution in [-0.4, -0.2) is 56.2 Å². The molecular weight excluding hydrogens is 278 g/mol. The van der Waals surface area contributed by atoms with Gasteiger partial charge >= 0.3 is 0 Å². The summed E-state index contributed by atoms with van der Waals surface area (Å²) >= 11 is 0. The van der Waals surface area contributed by atoms with Gasteiger partial charge in [-0.05, 0) is 25.2 Å². The molecule has 1 atom stereocenters. The molecule has 0 aromatic heterocycles. The van der Waals surface area contributed by atoms with Gasteiger partial charge in [0.25, 0.3) is 0 Å². The highest BCUT2D eigenvalue weighted by atomic mass is 16.5. The van der Waals surface area contributed by atoms with Crippen LogP contribution in [0.3, 0.4) is 0 Å². The monoisotopic (exact) mass is 313 g/mol. The third-order valence-corrected chi connectivity index (χ3v) is 4.20. The Labute approximate surface area is 136 Å². The fraction of sp³-hybridized carbons (Fsp3) is 0.944. The van der Waals surface area contributed by atoms with Crippen molar-refractivity contribution >= 4 is 5.78 Å². The maximum atomic E-state index is 11.7. The van der Waals surface area contributed by atoms with Crippen LogP contribution in [0.15, 0.2) is 0 Å². The molecule has 4 nitrogen and oxygen atoms in total. The van der Waals surface area contributed by atoms with Crippen LogP contribution >= 0.6 is 0 Å². The maximum absolute atomic E-state index is 11.7. The van der Waals surface area contributed by atoms with E-state index in [0.717, 1.165) is 58.2 Å². The molecule has 0 bridgehead atoms. The van der Waals surface area contributed by atoms with Crippen molar-refractivity contribution in [1.82, 2.24) is 4.90 Å². The zero-order valence-electron chi connectivity index (χ0n) is 15.0. The molecule has 130 valence electrons. The highest BCUT2D eigenvalue weighted by Crippen LogP contribution is 2.12. The predicted octanol–water partition coefficient (Wildman–Crippen LogP) is 3.15. The van der Waals surface area contributed by atoms with Gasteiger partial charge in [0.15, 0.2) is 0 Å². The number of rotatable bonds is 11. The number of ether oxygens (including phenoxy) is 2. The second-order valence-corrected chi connectivity index (χ2v) is 7.10. The molecule has 4 heteroatoms. The lowest BCUT2D eigenvalue weighted by Gasteiger charge is -2.32. The number of nitrogens with zero attached hydrogens (tertiary/aromatic N) is 1. The van der Waals surface area contributed by atoms with Crippen LogP contribution in [0.25, 0.3) is 0 Å². The largest absolute Gasteiger partial charge is 0.380 e. The molecular formula is C18H35NO3. The minimum absolute atomic E-state index is 0.138. The van der Waals surface area contributed by atoms with Crippen molar-refractivity contribution in [2.75, 3.05) is 39.5 Å². The standard InChI is InChI=1S/C18H35NO3/c1-15(2)6-5-11-21-12-9-19-10-13-22-17(14-19)7-8-18(20)16(3)4/h15-17H,5-14H2,1-4H3/t17-/m0/s1. The van der Waals surface area contributed by atoms with Gasteiger partial charge in [-0.25, -0.2) is 0 Å². The van der Waals surface area contributed by atoms with Crippen molar-refractivity contribution in [3.8, 4) is 0 Å². The van der Waals surface area contributed by atoms with Gasteiger partial charge in [-0.15, -0.1) is 0 Å². The Hall–Kier alpha value is -0.450. The van der Waals surface area contributed by atoms with Crippen LogP contribution in [0.1, 0.15) is 53.4 Å². The Morgan fingerprint density at radius 2 is 2.05 bits per heavy atom. The lowest BCUT2D eigenvalue weighted by molar-refractivity contribution is -0.123. The van der Waals surface area contributed by atoms with Crippen molar-refractivity contribution in [3.63, 3.8) is 0 Å². The summed E-state index contributed by atoms with van der Waals surface area (Å²) < 4.78 is 11.5. The zero-order valence-corrected chi connectivity index (χ0v) is 15.0. The summed E-state index contributed by atoms with van der Waals surface area (Å²) in [5.41, 5.74) is 0. The first kappa shape index (κ1) is 19.6. The summed E-state index contributed by atoms with van der Waals surface area (Å²) in [7, 11) is 0. The van der Waals surface area contributed by atoms with Crippen molar-refractivity contribution in [1.29, 1.82) is 0 Å². The number of ketones is 1. The molecule has 0 saturated carbocycles. The number of carbonyl (C=O) groups is 1. The van der Waals surface area contributed by atoms with Crippen molar-refractivity contribution in [2.24, 2.45) is 11.8 Å². The molecule has 1 fully saturated rings. The average molecular weight is 313 g/mol. The van der Waals surface area contributed by atoms with Gasteiger partial charge < -0.3 is 9.47 Å². The first-order valence-corrected chi connectivity index (χ1v) is 8.93. The smallest absolute Gasteiger partial charge is 0.135 e. The maximum Gasteiger partial charge on any atom is 0.135 e. The number of carbonyl (C=O) groups excluding carboxylic acids is 1. The lowest BCUT2D eigenvalue weighted by atomic mass is 10.0. The second kappa shape index (κ2) is 11.1. The summed E-state index contributed by atoms with van der Waals surface area (Å²) in [5, 5.41) is 0. The molecule has 0 aromatic carbocycles. The SMILES string of the molecule is CC(C)CCCOCCN1CCO[C@@H](CCC(=O)C(C)C)C1. The molecule has 0 N–H and O–H groups in total. The van der Waals surface area contributed by atoms with Crippen LogP contribution in [-0.2, 0) is 14.3 Å². The zero-order chi connectivity index (χ0) is 16.4. The van der Waals surface area contributed by atoms with Crippen LogP contribution in [0.2, 0.25) is 0 Å². The number of hydrogen-bond acceptors (Lipinski definition) is 4. The van der Waals surface area contributed by atoms with Gasteiger partial charge in [0.05, 0.1) is 19.3 Å². The van der Waals surface area contributed by atoms with E-state index in [9.17, 15) is 4.79 Å². The van der Waals surface area contributed by atoms with Crippen LogP contribution in [0.4, 0.5) is 0 Å². The highest BCUT2D eigenvalue weighted by Gasteiger charge is 2.21. The first-order valence-electron chi connectivity index (χ1n) is 8.93. The minimum Gasteiger partial charge on any atom is -0.380 e. The van der Waals surface area contributed by atoms with E-state index < -0.39 is 0 Å². The molecule has 1 aliphatic heterocycles. The lowest BCUT2D eigenvalue weighted by Crippen LogP contribution is -2.44. The van der Waals surface area contributed by atoms with Crippen LogP contribution < -0.4 is 0 Å². The van der Waals surface area contributed by atoms with Gasteiger partial charge in [0.1, 0.15) is 5.78 Å². The van der Waals surface area contributed by atoms with Gasteiger partial charge in [-0.2, -0.15) is 0 Å². The molecule has 1 heterocycles. The summed E-state index contributed by atoms with van der Waals surface area (Å²) in [4.78, 5) is 14.1. The van der Waals surface area contributed by atoms with E-state index in [-0.39, 0.29) is 12.0 Å². The number of Topliss-reactive ketones (excluding diaryl/α,β-unsaturated/α-hetero) is 1. The predicted molar refractivity (Wildman–Crippen MR) is 90.2 cm³/mol. The second-order valence-electron chi connectivity index (χ2n) is 7.10. The van der Waals surface area contributed by atoms with Gasteiger partial charge in [0, 0.05) is 38.6 Å². The highest BCUT2D eigenvalue weighted by molar-refractivity contribution is 5.80. The van der Waals surface area contributed by atoms with E-state index in [0.29, 0.717) is 12.2 Å². The van der Waals surface area contributed by atoms with Crippen molar-refractivity contribution in [3.05, 3.63) is 0 Å². The molecule has 0 spiro atoms. The molecule has 0 unspecified atom stereocenters. The molecule has 1 rings (SSSR count). The topological polar surface area (TPSA) is 38.8 Å². The minimum atomic E-state index is 0.138. The normalized spacial score (nSPS) is 20.0. The molecule has 0 amide bonds. The van der Waals surface area contributed by atoms with Crippen molar-refractivity contribution < 1.29 is 14.3 Å². The molecule has 0 radical (unpaired) electrons. The summed E-state index contributed by atoms with van der Waals surface area (Å²) in [6.07, 6.45) is 4.09. The summed E-state index contributed by atoms with van der Waals surface area (Å²) in [6.45, 7) is 13.7. The van der Waals surface area contributed by atoms with E-state index >= 15 is 0 Å². The molecule has 0 aliphatic carbocycles. The summed E-state index contributed by atoms with van der Waals surface area (Å²) in [6, 6.07) is 0. The molecule has 22 heavy (non-hydrogen) atoms. The fourth-order valence-electron chi connectivity index (χ4n) is 2.64. The van der Waals surface area contributed by atoms with Gasteiger partial charge in [0.2, 0.25) is 0 Å². The van der Waals surface area contributed by atoms with E-state index in [4.69, 9.17) is 9.47 Å². The van der Waals surface area contributed by atoms with Crippen LogP contribution in [0, 0.1) is 11.8 Å². The fourth-order valence-corrected chi connectivity index (χ4v) is 2.64. The Morgan fingerprint density at radius 3 is 2.73 bits per heavy atom. The Bertz CT molecular complexity index is 305. The summed E-state index contributed by atoms with van der Waals surface area (Å²) in [5.74, 6) is 1.24. The Morgan fingerprint density at radius 1 is 1.27 bits per heavy atom. The van der Waals surface area contributed by atoms with Gasteiger partial charge in [-0.1, -0.05) is 27.7 Å². The third-order valence-electron chi connectivity index (χ3n) is 4.20. The Kier molecular flexibility index (Phi) is 9.92. The van der Waals surface area contributed by atoms with E-state index in [1.54, 1.807) is 0 Å². The van der Waals surface area contributed by atoms with Crippen LogP contribution in [0.5, 0.6) is 0 Å². The molecule has 1 saturated heterocycles. The Balaban J connectivity index is 2.09. The third kappa shape index (κ3) is 8.86.